The summed E-state index contributed by atoms with van der Waals surface area (Å²) in [5.74, 6) is 0.115. The molecule has 1 aliphatic rings. The molecule has 0 N–H and O–H groups in total. The average Bonchev–Trinajstić information content (AvgIpc) is 3.50. The van der Waals surface area contributed by atoms with E-state index in [-0.39, 0.29) is 12.2 Å². The van der Waals surface area contributed by atoms with Gasteiger partial charge < -0.3 is 14.0 Å². The van der Waals surface area contributed by atoms with Crippen molar-refractivity contribution in [2.45, 2.75) is 40.7 Å². The largest absolute Gasteiger partial charge is 0.494 e. The molecule has 0 aliphatic carbocycles. The van der Waals surface area contributed by atoms with Crippen molar-refractivity contribution in [3.63, 3.8) is 0 Å². The number of aryl methyl sites for hydroxylation is 1. The van der Waals surface area contributed by atoms with Crippen LogP contribution in [0.2, 0.25) is 0 Å². The molecule has 6 rings (SSSR count). The van der Waals surface area contributed by atoms with Gasteiger partial charge in [-0.05, 0) is 81.7 Å². The molecule has 228 valence electrons. The third-order valence-electron chi connectivity index (χ3n) is 8.02. The summed E-state index contributed by atoms with van der Waals surface area (Å²) in [6.07, 6.45) is 1.93. The topological polar surface area (TPSA) is 74.8 Å². The van der Waals surface area contributed by atoms with Gasteiger partial charge in [-0.2, -0.15) is 0 Å². The summed E-state index contributed by atoms with van der Waals surface area (Å²) in [7, 11) is 0. The highest BCUT2D eigenvalue weighted by Crippen LogP contribution is 2.36. The van der Waals surface area contributed by atoms with Gasteiger partial charge in [0, 0.05) is 22.6 Å². The number of esters is 1. The fraction of sp³-hybridized carbons (Fsp3) is 0.216. The lowest BCUT2D eigenvalue weighted by Gasteiger charge is -2.26. The van der Waals surface area contributed by atoms with Crippen LogP contribution in [0.3, 0.4) is 0 Å². The SMILES string of the molecule is CCOC(=O)C1=C(C)N=c2s/c(=C\c3cc(C)n(-c4ccc(-c5ccccc5)cc4)c3C)c(=O)n2[C@H]1c1ccccc1OCC. The molecule has 0 spiro atoms. The van der Waals surface area contributed by atoms with Crippen molar-refractivity contribution in [3.8, 4) is 22.6 Å². The molecule has 0 unspecified atom stereocenters. The van der Waals surface area contributed by atoms with Gasteiger partial charge >= 0.3 is 5.97 Å². The highest BCUT2D eigenvalue weighted by atomic mass is 32.1. The van der Waals surface area contributed by atoms with E-state index in [9.17, 15) is 9.59 Å². The molecule has 3 aromatic carbocycles. The third kappa shape index (κ3) is 5.58. The lowest BCUT2D eigenvalue weighted by Crippen LogP contribution is -2.40. The highest BCUT2D eigenvalue weighted by molar-refractivity contribution is 7.07. The molecule has 0 saturated carbocycles. The van der Waals surface area contributed by atoms with Crippen molar-refractivity contribution in [1.82, 2.24) is 9.13 Å². The number of ether oxygens (including phenoxy) is 2. The third-order valence-corrected chi connectivity index (χ3v) is 9.00. The van der Waals surface area contributed by atoms with Gasteiger partial charge in [0.1, 0.15) is 11.8 Å². The monoisotopic (exact) mass is 617 g/mol. The number of allylic oxidation sites excluding steroid dienone is 1. The lowest BCUT2D eigenvalue weighted by atomic mass is 9.95. The number of benzene rings is 3. The fourth-order valence-electron chi connectivity index (χ4n) is 5.98. The number of carbonyl (C=O) groups is 1. The summed E-state index contributed by atoms with van der Waals surface area (Å²) < 4.78 is 15.7. The Hall–Kier alpha value is -4.95. The van der Waals surface area contributed by atoms with Crippen LogP contribution in [0.4, 0.5) is 0 Å². The zero-order valence-electron chi connectivity index (χ0n) is 26.0. The summed E-state index contributed by atoms with van der Waals surface area (Å²) in [5, 5.41) is 0. The van der Waals surface area contributed by atoms with Crippen molar-refractivity contribution in [1.29, 1.82) is 0 Å². The first-order valence-electron chi connectivity index (χ1n) is 15.1. The molecule has 0 bridgehead atoms. The first-order chi connectivity index (χ1) is 21.8. The van der Waals surface area contributed by atoms with Crippen molar-refractivity contribution in [3.05, 3.63) is 138 Å². The van der Waals surface area contributed by atoms with Crippen molar-refractivity contribution >= 4 is 23.4 Å². The number of para-hydroxylation sites is 1. The van der Waals surface area contributed by atoms with E-state index in [4.69, 9.17) is 14.5 Å². The maximum absolute atomic E-state index is 14.2. The number of hydrogen-bond acceptors (Lipinski definition) is 6. The van der Waals surface area contributed by atoms with E-state index in [1.54, 1.807) is 18.4 Å². The molecular weight excluding hydrogens is 582 g/mol. The zero-order valence-corrected chi connectivity index (χ0v) is 26.9. The second kappa shape index (κ2) is 12.6. The van der Waals surface area contributed by atoms with E-state index in [1.807, 2.05) is 55.5 Å². The van der Waals surface area contributed by atoms with E-state index >= 15 is 0 Å². The molecular formula is C37H35N3O4S. The zero-order chi connectivity index (χ0) is 31.7. The van der Waals surface area contributed by atoms with Crippen LogP contribution >= 0.6 is 11.3 Å². The highest BCUT2D eigenvalue weighted by Gasteiger charge is 2.35. The summed E-state index contributed by atoms with van der Waals surface area (Å²) in [4.78, 5) is 32.8. The van der Waals surface area contributed by atoms with Gasteiger partial charge in [0.2, 0.25) is 0 Å². The molecule has 3 heterocycles. The predicted molar refractivity (Wildman–Crippen MR) is 179 cm³/mol. The maximum atomic E-state index is 14.2. The molecule has 1 aliphatic heterocycles. The Morgan fingerprint density at radius 3 is 2.31 bits per heavy atom. The van der Waals surface area contributed by atoms with Crippen molar-refractivity contribution in [2.75, 3.05) is 13.2 Å². The summed E-state index contributed by atoms with van der Waals surface area (Å²) in [5.41, 5.74) is 7.74. The Morgan fingerprint density at radius 1 is 0.911 bits per heavy atom. The molecule has 0 radical (unpaired) electrons. The van der Waals surface area contributed by atoms with Crippen LogP contribution in [0.1, 0.15) is 49.3 Å². The van der Waals surface area contributed by atoms with Crippen LogP contribution in [0.25, 0.3) is 22.9 Å². The van der Waals surface area contributed by atoms with E-state index in [2.05, 4.69) is 60.9 Å². The van der Waals surface area contributed by atoms with Gasteiger partial charge in [0.05, 0.1) is 29.0 Å². The number of aromatic nitrogens is 2. The first kappa shape index (κ1) is 30.1. The molecule has 0 amide bonds. The standard InChI is InChI=1S/C37H35N3O4S/c1-6-43-31-16-12-11-15-30(31)34-33(36(42)44-7-2)24(4)38-37-40(34)35(41)32(45-37)22-28-21-23(3)39(25(28)5)29-19-17-27(18-20-29)26-13-9-8-10-14-26/h8-22,34H,6-7H2,1-5H3/b32-22-/t34-/m0/s1. The van der Waals surface area contributed by atoms with Gasteiger partial charge in [-0.1, -0.05) is 72.0 Å². The van der Waals surface area contributed by atoms with E-state index in [1.165, 1.54) is 16.9 Å². The quantitative estimate of drug-likeness (QED) is 0.192. The minimum Gasteiger partial charge on any atom is -0.494 e. The summed E-state index contributed by atoms with van der Waals surface area (Å²) in [6, 6.07) is 27.7. The second-order valence-electron chi connectivity index (χ2n) is 10.8. The van der Waals surface area contributed by atoms with Crippen LogP contribution in [0.5, 0.6) is 5.75 Å². The van der Waals surface area contributed by atoms with Gasteiger partial charge in [-0.25, -0.2) is 9.79 Å². The Balaban J connectivity index is 1.46. The fourth-order valence-corrected chi connectivity index (χ4v) is 7.02. The van der Waals surface area contributed by atoms with Crippen molar-refractivity contribution < 1.29 is 14.3 Å². The van der Waals surface area contributed by atoms with Crippen LogP contribution in [-0.4, -0.2) is 28.3 Å². The predicted octanol–water partition coefficient (Wildman–Crippen LogP) is 6.27. The van der Waals surface area contributed by atoms with Gasteiger partial charge in [0.15, 0.2) is 4.80 Å². The van der Waals surface area contributed by atoms with Gasteiger partial charge in [-0.3, -0.25) is 9.36 Å². The molecule has 8 heteroatoms. The lowest BCUT2D eigenvalue weighted by molar-refractivity contribution is -0.139. The summed E-state index contributed by atoms with van der Waals surface area (Å²) in [6.45, 7) is 10.2. The minimum absolute atomic E-state index is 0.213. The molecule has 45 heavy (non-hydrogen) atoms. The first-order valence-corrected chi connectivity index (χ1v) is 15.9. The molecule has 1 atom stereocenters. The Morgan fingerprint density at radius 2 is 1.60 bits per heavy atom. The van der Waals surface area contributed by atoms with Crippen molar-refractivity contribution in [2.24, 2.45) is 4.99 Å². The van der Waals surface area contributed by atoms with E-state index in [0.717, 1.165) is 28.2 Å². The number of hydrogen-bond donors (Lipinski definition) is 0. The van der Waals surface area contributed by atoms with Crippen LogP contribution < -0.4 is 19.6 Å². The molecule has 0 saturated heterocycles. The molecule has 7 nitrogen and oxygen atoms in total. The number of carbonyl (C=O) groups excluding carboxylic acids is 1. The van der Waals surface area contributed by atoms with Crippen LogP contribution in [0, 0.1) is 13.8 Å². The Kier molecular flexibility index (Phi) is 8.41. The Bertz CT molecular complexity index is 2100. The smallest absolute Gasteiger partial charge is 0.338 e. The molecule has 0 fully saturated rings. The number of fused-ring (bicyclic) bond motifs is 1. The molecule has 5 aromatic rings. The number of rotatable bonds is 8. The van der Waals surface area contributed by atoms with Crippen LogP contribution in [-0.2, 0) is 9.53 Å². The van der Waals surface area contributed by atoms with Gasteiger partial charge in [-0.15, -0.1) is 0 Å². The van der Waals surface area contributed by atoms with E-state index in [0.29, 0.717) is 38.5 Å². The van der Waals surface area contributed by atoms with Gasteiger partial charge in [0.25, 0.3) is 5.56 Å². The Labute approximate surface area is 266 Å². The number of nitrogens with zero attached hydrogens (tertiary/aromatic N) is 3. The minimum atomic E-state index is -0.735. The molecule has 2 aromatic heterocycles. The normalized spacial score (nSPS) is 14.7. The average molecular weight is 618 g/mol. The second-order valence-corrected chi connectivity index (χ2v) is 11.9. The van der Waals surface area contributed by atoms with E-state index < -0.39 is 12.0 Å². The number of thiazole rings is 1. The maximum Gasteiger partial charge on any atom is 0.338 e. The van der Waals surface area contributed by atoms with Crippen LogP contribution in [0.15, 0.2) is 106 Å². The summed E-state index contributed by atoms with van der Waals surface area (Å²) >= 11 is 1.32.